The summed E-state index contributed by atoms with van der Waals surface area (Å²) in [4.78, 5) is 18.3. The third-order valence-electron chi connectivity index (χ3n) is 5.04. The summed E-state index contributed by atoms with van der Waals surface area (Å²) in [5.41, 5.74) is 2.97. The number of hydrogen-bond donors (Lipinski definition) is 2. The second kappa shape index (κ2) is 7.97. The molecule has 0 bridgehead atoms. The molecule has 28 heavy (non-hydrogen) atoms. The molecule has 0 saturated carbocycles. The highest BCUT2D eigenvalue weighted by Crippen LogP contribution is 2.41. The monoisotopic (exact) mass is 385 g/mol. The van der Waals surface area contributed by atoms with Crippen molar-refractivity contribution in [1.29, 1.82) is 0 Å². The van der Waals surface area contributed by atoms with Crippen LogP contribution in [0.15, 0.2) is 30.5 Å². The van der Waals surface area contributed by atoms with Crippen LogP contribution in [0.4, 0.5) is 0 Å². The average Bonchev–Trinajstić information content (AvgIpc) is 2.94. The molecule has 6 nitrogen and oxygen atoms in total. The minimum absolute atomic E-state index is 0.190. The van der Waals surface area contributed by atoms with Crippen LogP contribution in [0.3, 0.4) is 0 Å². The van der Waals surface area contributed by atoms with Crippen molar-refractivity contribution < 1.29 is 14.3 Å². The lowest BCUT2D eigenvalue weighted by Gasteiger charge is -2.34. The number of fused-ring (bicyclic) bond motifs is 3. The van der Waals surface area contributed by atoms with Crippen molar-refractivity contribution in [2.24, 2.45) is 0 Å². The van der Waals surface area contributed by atoms with Crippen molar-refractivity contribution in [2.45, 2.75) is 45.4 Å². The summed E-state index contributed by atoms with van der Waals surface area (Å²) in [6.07, 6.45) is 1.26. The Bertz CT molecular complexity index is 880. The van der Waals surface area contributed by atoms with Gasteiger partial charge < -0.3 is 24.7 Å². The van der Waals surface area contributed by atoms with E-state index >= 15 is 0 Å². The minimum Gasteiger partial charge on any atom is -0.459 e. The van der Waals surface area contributed by atoms with Gasteiger partial charge in [-0.15, -0.1) is 0 Å². The summed E-state index contributed by atoms with van der Waals surface area (Å²) in [5, 5.41) is 4.42. The van der Waals surface area contributed by atoms with Gasteiger partial charge in [0, 0.05) is 29.1 Å². The Balaban J connectivity index is 2.08. The number of nitrogens with zero attached hydrogens (tertiary/aromatic N) is 1. The Morgan fingerprint density at radius 3 is 2.64 bits per heavy atom. The molecule has 1 aliphatic rings. The molecule has 0 radical (unpaired) electrons. The number of nitrogens with one attached hydrogen (secondary N) is 2. The van der Waals surface area contributed by atoms with Crippen LogP contribution in [-0.2, 0) is 19.7 Å². The first-order valence-corrected chi connectivity index (χ1v) is 9.77. The maximum absolute atomic E-state index is 12.8. The lowest BCUT2D eigenvalue weighted by Crippen LogP contribution is -2.45. The largest absolute Gasteiger partial charge is 0.459 e. The number of carbonyl (C=O) groups excluding carboxylic acids is 1. The van der Waals surface area contributed by atoms with E-state index in [2.05, 4.69) is 35.1 Å². The van der Waals surface area contributed by atoms with Crippen LogP contribution >= 0.6 is 0 Å². The number of aromatic nitrogens is 1. The third-order valence-corrected chi connectivity index (χ3v) is 5.04. The molecule has 0 amide bonds. The van der Waals surface area contributed by atoms with Gasteiger partial charge in [-0.2, -0.15) is 0 Å². The van der Waals surface area contributed by atoms with Gasteiger partial charge in [0.15, 0.2) is 0 Å². The Kier molecular flexibility index (Phi) is 5.82. The highest BCUT2D eigenvalue weighted by molar-refractivity contribution is 6.18. The van der Waals surface area contributed by atoms with E-state index in [4.69, 9.17) is 9.47 Å². The molecule has 2 heterocycles. The van der Waals surface area contributed by atoms with Gasteiger partial charge in [0.2, 0.25) is 0 Å². The zero-order chi connectivity index (χ0) is 20.5. The molecule has 2 N–H and O–H groups in total. The molecule has 0 fully saturated rings. The van der Waals surface area contributed by atoms with Gasteiger partial charge in [-0.3, -0.25) is 0 Å². The number of ether oxygens (including phenoxy) is 2. The molecule has 0 saturated heterocycles. The zero-order valence-corrected chi connectivity index (χ0v) is 17.6. The van der Waals surface area contributed by atoms with Crippen molar-refractivity contribution in [3.63, 3.8) is 0 Å². The minimum atomic E-state index is -0.377. The maximum atomic E-state index is 12.8. The molecule has 0 aliphatic carbocycles. The van der Waals surface area contributed by atoms with Crippen LogP contribution < -0.4 is 5.32 Å². The van der Waals surface area contributed by atoms with Crippen LogP contribution in [0.2, 0.25) is 0 Å². The standard InChI is InChI=1S/C22H31N3O3/c1-14(2)28-20(26)16-13-23-21(27-12-11-25(5)6)22(3,4)18-15-9-7-8-10-17(15)24-19(16)18/h7-10,13-14,21,23-24H,11-12H2,1-6H3. The average molecular weight is 386 g/mol. The van der Waals surface area contributed by atoms with Crippen LogP contribution in [0.5, 0.6) is 0 Å². The van der Waals surface area contributed by atoms with Gasteiger partial charge in [-0.05, 0) is 39.6 Å². The normalized spacial score (nSPS) is 18.6. The first-order valence-electron chi connectivity index (χ1n) is 9.77. The van der Waals surface area contributed by atoms with Crippen molar-refractivity contribution in [1.82, 2.24) is 15.2 Å². The van der Waals surface area contributed by atoms with Gasteiger partial charge in [0.1, 0.15) is 6.23 Å². The van der Waals surface area contributed by atoms with Crippen molar-refractivity contribution in [2.75, 3.05) is 27.2 Å². The molecule has 3 rings (SSSR count). The molecule has 1 aromatic heterocycles. The van der Waals surface area contributed by atoms with Crippen LogP contribution in [-0.4, -0.2) is 55.4 Å². The summed E-state index contributed by atoms with van der Waals surface area (Å²) in [7, 11) is 4.04. The molecule has 2 aromatic rings. The van der Waals surface area contributed by atoms with E-state index < -0.39 is 0 Å². The van der Waals surface area contributed by atoms with E-state index in [1.165, 1.54) is 0 Å². The first kappa shape index (κ1) is 20.4. The second-order valence-corrected chi connectivity index (χ2v) is 8.38. The number of hydrogen-bond acceptors (Lipinski definition) is 5. The SMILES string of the molecule is CC(C)OC(=O)C1=CNC(OCCN(C)C)C(C)(C)c2c1[nH]c1ccccc21. The van der Waals surface area contributed by atoms with Gasteiger partial charge in [-0.1, -0.05) is 32.0 Å². The fourth-order valence-electron chi connectivity index (χ4n) is 3.63. The first-order chi connectivity index (χ1) is 13.2. The molecular formula is C22H31N3O3. The van der Waals surface area contributed by atoms with E-state index in [0.717, 1.165) is 28.7 Å². The van der Waals surface area contributed by atoms with E-state index in [0.29, 0.717) is 12.2 Å². The smallest absolute Gasteiger partial charge is 0.342 e. The van der Waals surface area contributed by atoms with Crippen molar-refractivity contribution in [3.05, 3.63) is 41.7 Å². The van der Waals surface area contributed by atoms with Gasteiger partial charge >= 0.3 is 5.97 Å². The molecule has 1 atom stereocenters. The fourth-order valence-corrected chi connectivity index (χ4v) is 3.63. The second-order valence-electron chi connectivity index (χ2n) is 8.38. The maximum Gasteiger partial charge on any atom is 0.342 e. The number of carbonyl (C=O) groups is 1. The molecular weight excluding hydrogens is 354 g/mol. The highest BCUT2D eigenvalue weighted by atomic mass is 16.5. The number of likely N-dealkylation sites (N-methyl/N-ethyl adjacent to an activating group) is 1. The van der Waals surface area contributed by atoms with Gasteiger partial charge in [0.25, 0.3) is 0 Å². The van der Waals surface area contributed by atoms with E-state index in [1.54, 1.807) is 6.20 Å². The van der Waals surface area contributed by atoms with Crippen molar-refractivity contribution in [3.8, 4) is 0 Å². The molecule has 1 unspecified atom stereocenters. The number of H-pyrrole nitrogens is 1. The quantitative estimate of drug-likeness (QED) is 0.748. The van der Waals surface area contributed by atoms with Crippen molar-refractivity contribution >= 4 is 22.4 Å². The fraction of sp³-hybridized carbons (Fsp3) is 0.500. The number of esters is 1. The van der Waals surface area contributed by atoms with E-state index in [9.17, 15) is 4.79 Å². The molecule has 1 aromatic carbocycles. The van der Waals surface area contributed by atoms with Crippen LogP contribution in [0.25, 0.3) is 16.5 Å². The molecule has 0 spiro atoms. The Morgan fingerprint density at radius 1 is 1.25 bits per heavy atom. The topological polar surface area (TPSA) is 66.6 Å². The Hall–Kier alpha value is -2.31. The highest BCUT2D eigenvalue weighted by Gasteiger charge is 2.40. The zero-order valence-electron chi connectivity index (χ0n) is 17.6. The molecule has 6 heteroatoms. The van der Waals surface area contributed by atoms with E-state index in [-0.39, 0.29) is 23.7 Å². The number of benzene rings is 1. The third kappa shape index (κ3) is 3.93. The predicted molar refractivity (Wildman–Crippen MR) is 112 cm³/mol. The molecule has 152 valence electrons. The van der Waals surface area contributed by atoms with E-state index in [1.807, 2.05) is 46.1 Å². The lowest BCUT2D eigenvalue weighted by molar-refractivity contribution is -0.140. The summed E-state index contributed by atoms with van der Waals surface area (Å²) in [6.45, 7) is 9.40. The van der Waals surface area contributed by atoms with Gasteiger partial charge in [-0.25, -0.2) is 4.79 Å². The van der Waals surface area contributed by atoms with Crippen LogP contribution in [0.1, 0.15) is 39.0 Å². The number of para-hydroxylation sites is 1. The number of rotatable bonds is 6. The van der Waals surface area contributed by atoms with Crippen LogP contribution in [0, 0.1) is 0 Å². The number of aromatic amines is 1. The summed E-state index contributed by atoms with van der Waals surface area (Å²) in [6, 6.07) is 8.12. The predicted octanol–water partition coefficient (Wildman–Crippen LogP) is 3.25. The summed E-state index contributed by atoms with van der Waals surface area (Å²) < 4.78 is 11.7. The van der Waals surface area contributed by atoms with Gasteiger partial charge in [0.05, 0.1) is 24.0 Å². The summed E-state index contributed by atoms with van der Waals surface area (Å²) >= 11 is 0. The molecule has 1 aliphatic heterocycles. The Labute approximate surface area is 166 Å². The summed E-state index contributed by atoms with van der Waals surface area (Å²) in [5.74, 6) is -0.347. The Morgan fingerprint density at radius 2 is 1.96 bits per heavy atom. The lowest BCUT2D eigenvalue weighted by atomic mass is 9.80.